The van der Waals surface area contributed by atoms with Gasteiger partial charge >= 0.3 is 0 Å². The number of fused-ring (bicyclic) bond motifs is 1. The van der Waals surface area contributed by atoms with Gasteiger partial charge in [0.25, 0.3) is 0 Å². The van der Waals surface area contributed by atoms with Gasteiger partial charge in [-0.25, -0.2) is 0 Å². The number of nitrogens with two attached hydrogens (primary N) is 1. The Kier molecular flexibility index (Phi) is 3.06. The van der Waals surface area contributed by atoms with Crippen LogP contribution in [-0.2, 0) is 6.42 Å². The van der Waals surface area contributed by atoms with Crippen LogP contribution in [0.2, 0.25) is 0 Å². The zero-order valence-electron chi connectivity index (χ0n) is 11.2. The van der Waals surface area contributed by atoms with E-state index in [1.54, 1.807) is 0 Å². The minimum atomic E-state index is 0.151. The fourth-order valence-electron chi connectivity index (χ4n) is 3.47. The summed E-state index contributed by atoms with van der Waals surface area (Å²) in [6, 6.07) is 6.74. The van der Waals surface area contributed by atoms with Crippen molar-refractivity contribution in [2.75, 3.05) is 6.54 Å². The summed E-state index contributed by atoms with van der Waals surface area (Å²) in [5.74, 6) is 1.68. The molecule has 2 aliphatic rings. The van der Waals surface area contributed by atoms with Gasteiger partial charge in [0.05, 0.1) is 0 Å². The molecule has 0 aromatic heterocycles. The molecule has 0 amide bonds. The van der Waals surface area contributed by atoms with Gasteiger partial charge in [0.1, 0.15) is 11.4 Å². The quantitative estimate of drug-likeness (QED) is 0.886. The molecule has 0 bridgehead atoms. The Morgan fingerprint density at radius 1 is 1.33 bits per heavy atom. The van der Waals surface area contributed by atoms with Gasteiger partial charge in [-0.05, 0) is 61.8 Å². The smallest absolute Gasteiger partial charge is 0.123 e. The Balaban J connectivity index is 1.82. The zero-order chi connectivity index (χ0) is 12.6. The number of benzene rings is 1. The molecule has 1 unspecified atom stereocenters. The van der Waals surface area contributed by atoms with Gasteiger partial charge < -0.3 is 10.5 Å². The van der Waals surface area contributed by atoms with Crippen molar-refractivity contribution in [2.45, 2.75) is 57.0 Å². The molecule has 2 nitrogen and oxygen atoms in total. The molecule has 1 aromatic carbocycles. The van der Waals surface area contributed by atoms with Crippen molar-refractivity contribution in [3.05, 3.63) is 29.3 Å². The molecule has 1 heterocycles. The van der Waals surface area contributed by atoms with Gasteiger partial charge in [0.15, 0.2) is 0 Å². The van der Waals surface area contributed by atoms with Crippen molar-refractivity contribution in [1.29, 1.82) is 0 Å². The summed E-state index contributed by atoms with van der Waals surface area (Å²) in [5.41, 5.74) is 8.63. The van der Waals surface area contributed by atoms with Gasteiger partial charge in [0, 0.05) is 6.42 Å². The van der Waals surface area contributed by atoms with Crippen LogP contribution in [0.1, 0.15) is 56.1 Å². The van der Waals surface area contributed by atoms with Crippen LogP contribution in [0.4, 0.5) is 0 Å². The first-order chi connectivity index (χ1) is 8.72. The lowest BCUT2D eigenvalue weighted by Gasteiger charge is -2.22. The molecule has 1 aliphatic heterocycles. The molecule has 0 radical (unpaired) electrons. The van der Waals surface area contributed by atoms with Gasteiger partial charge in [-0.2, -0.15) is 0 Å². The van der Waals surface area contributed by atoms with Gasteiger partial charge in [-0.15, -0.1) is 0 Å². The molecule has 2 heteroatoms. The van der Waals surface area contributed by atoms with Crippen LogP contribution >= 0.6 is 0 Å². The highest BCUT2D eigenvalue weighted by molar-refractivity contribution is 5.43. The molecule has 1 aromatic rings. The van der Waals surface area contributed by atoms with Gasteiger partial charge in [0.2, 0.25) is 0 Å². The van der Waals surface area contributed by atoms with Crippen LogP contribution < -0.4 is 10.5 Å². The second kappa shape index (κ2) is 4.58. The van der Waals surface area contributed by atoms with E-state index in [1.165, 1.54) is 36.8 Å². The molecular weight excluding hydrogens is 222 g/mol. The monoisotopic (exact) mass is 245 g/mol. The average Bonchev–Trinajstić information content (AvgIpc) is 2.95. The fraction of sp³-hybridized carbons (Fsp3) is 0.625. The molecule has 98 valence electrons. The number of rotatable bonds is 3. The molecule has 1 spiro atoms. The normalized spacial score (nSPS) is 21.9. The lowest BCUT2D eigenvalue weighted by molar-refractivity contribution is 0.103. The van der Waals surface area contributed by atoms with Crippen LogP contribution in [0.3, 0.4) is 0 Å². The van der Waals surface area contributed by atoms with Crippen molar-refractivity contribution >= 4 is 0 Å². The summed E-state index contributed by atoms with van der Waals surface area (Å²) in [4.78, 5) is 0. The molecule has 3 rings (SSSR count). The van der Waals surface area contributed by atoms with E-state index in [0.29, 0.717) is 5.92 Å². The highest BCUT2D eigenvalue weighted by Gasteiger charge is 2.41. The molecule has 1 fully saturated rings. The van der Waals surface area contributed by atoms with Crippen molar-refractivity contribution in [3.63, 3.8) is 0 Å². The first-order valence-corrected chi connectivity index (χ1v) is 7.24. The van der Waals surface area contributed by atoms with Crippen LogP contribution in [0.15, 0.2) is 18.2 Å². The molecule has 1 saturated carbocycles. The summed E-state index contributed by atoms with van der Waals surface area (Å²) in [7, 11) is 0. The largest absolute Gasteiger partial charge is 0.487 e. The summed E-state index contributed by atoms with van der Waals surface area (Å²) in [6.45, 7) is 3.02. The van der Waals surface area contributed by atoms with E-state index in [4.69, 9.17) is 10.5 Å². The van der Waals surface area contributed by atoms with Crippen LogP contribution in [-0.4, -0.2) is 12.1 Å². The van der Waals surface area contributed by atoms with Crippen molar-refractivity contribution < 1.29 is 4.74 Å². The first kappa shape index (κ1) is 12.0. The Bertz CT molecular complexity index is 435. The Morgan fingerprint density at radius 2 is 2.11 bits per heavy atom. The van der Waals surface area contributed by atoms with Crippen LogP contribution in [0.5, 0.6) is 5.75 Å². The zero-order valence-corrected chi connectivity index (χ0v) is 11.2. The maximum absolute atomic E-state index is 6.23. The third-order valence-electron chi connectivity index (χ3n) is 4.61. The van der Waals surface area contributed by atoms with E-state index in [-0.39, 0.29) is 5.60 Å². The van der Waals surface area contributed by atoms with Crippen molar-refractivity contribution in [1.82, 2.24) is 0 Å². The van der Waals surface area contributed by atoms with Crippen molar-refractivity contribution in [2.24, 2.45) is 5.73 Å². The van der Waals surface area contributed by atoms with E-state index < -0.39 is 0 Å². The second-order valence-electron chi connectivity index (χ2n) is 6.01. The summed E-state index contributed by atoms with van der Waals surface area (Å²) in [6.07, 6.45) is 7.29. The summed E-state index contributed by atoms with van der Waals surface area (Å²) < 4.78 is 6.23. The third kappa shape index (κ3) is 2.03. The summed E-state index contributed by atoms with van der Waals surface area (Å²) in [5, 5.41) is 0. The second-order valence-corrected chi connectivity index (χ2v) is 6.01. The van der Waals surface area contributed by atoms with E-state index in [9.17, 15) is 0 Å². The SMILES string of the molecule is CC(CCN)c1ccc2c(c1)CC1(CCCC1)O2. The molecular formula is C16H23NO. The standard InChI is InChI=1S/C16H23NO/c1-12(6-9-17)13-4-5-15-14(10-13)11-16(18-15)7-2-3-8-16/h4-5,10,12H,2-3,6-9,11,17H2,1H3. The van der Waals surface area contributed by atoms with E-state index in [1.807, 2.05) is 0 Å². The van der Waals surface area contributed by atoms with Crippen LogP contribution in [0.25, 0.3) is 0 Å². The predicted octanol–water partition coefficient (Wildman–Crippen LogP) is 3.39. The minimum Gasteiger partial charge on any atom is -0.487 e. The van der Waals surface area contributed by atoms with E-state index in [2.05, 4.69) is 25.1 Å². The average molecular weight is 245 g/mol. The maximum Gasteiger partial charge on any atom is 0.123 e. The molecule has 0 saturated heterocycles. The highest BCUT2D eigenvalue weighted by Crippen LogP contribution is 2.45. The van der Waals surface area contributed by atoms with E-state index in [0.717, 1.165) is 25.1 Å². The predicted molar refractivity (Wildman–Crippen MR) is 74.1 cm³/mol. The topological polar surface area (TPSA) is 35.2 Å². The third-order valence-corrected chi connectivity index (χ3v) is 4.61. The van der Waals surface area contributed by atoms with Gasteiger partial charge in [-0.1, -0.05) is 19.1 Å². The van der Waals surface area contributed by atoms with E-state index >= 15 is 0 Å². The number of hydrogen-bond donors (Lipinski definition) is 1. The molecule has 1 atom stereocenters. The Hall–Kier alpha value is -1.02. The lowest BCUT2D eigenvalue weighted by Crippen LogP contribution is -2.29. The fourth-order valence-corrected chi connectivity index (χ4v) is 3.47. The highest BCUT2D eigenvalue weighted by atomic mass is 16.5. The summed E-state index contributed by atoms with van der Waals surface area (Å²) >= 11 is 0. The van der Waals surface area contributed by atoms with Crippen LogP contribution in [0, 0.1) is 0 Å². The number of ether oxygens (including phenoxy) is 1. The Morgan fingerprint density at radius 3 is 2.83 bits per heavy atom. The Labute approximate surface area is 110 Å². The van der Waals surface area contributed by atoms with Gasteiger partial charge in [-0.3, -0.25) is 0 Å². The molecule has 2 N–H and O–H groups in total. The molecule has 1 aliphatic carbocycles. The maximum atomic E-state index is 6.23. The lowest BCUT2D eigenvalue weighted by atomic mass is 9.92. The minimum absolute atomic E-state index is 0.151. The van der Waals surface area contributed by atoms with Crippen molar-refractivity contribution in [3.8, 4) is 5.75 Å². The number of hydrogen-bond acceptors (Lipinski definition) is 2. The first-order valence-electron chi connectivity index (χ1n) is 7.24. The molecule has 18 heavy (non-hydrogen) atoms.